The third kappa shape index (κ3) is 7.00. The molecule has 4 rings (SSSR count). The molecule has 1 aromatic heterocycles. The largest absolute Gasteiger partial charge is 0.624 e. The van der Waals surface area contributed by atoms with Gasteiger partial charge in [0, 0.05) is 28.8 Å². The number of hydrogen-bond acceptors (Lipinski definition) is 5. The number of alkyl halides is 3. The lowest BCUT2D eigenvalue weighted by atomic mass is 10.0. The topological polar surface area (TPSA) is 117 Å². The molecule has 14 heteroatoms. The molecule has 0 amide bonds. The van der Waals surface area contributed by atoms with Crippen molar-refractivity contribution in [1.29, 1.82) is 0 Å². The summed E-state index contributed by atoms with van der Waals surface area (Å²) in [5.74, 6) is -3.69. The van der Waals surface area contributed by atoms with Crippen molar-refractivity contribution in [1.82, 2.24) is 9.13 Å². The first kappa shape index (κ1) is 33.6. The normalized spacial score (nSPS) is 12.2. The second-order valence-electron chi connectivity index (χ2n) is 10.2. The Morgan fingerprint density at radius 2 is 1.65 bits per heavy atom. The van der Waals surface area contributed by atoms with E-state index < -0.39 is 64.8 Å². The van der Waals surface area contributed by atoms with E-state index in [1.807, 2.05) is 0 Å². The summed E-state index contributed by atoms with van der Waals surface area (Å²) in [7, 11) is 1.18. The predicted octanol–water partition coefficient (Wildman–Crippen LogP) is 5.20. The zero-order valence-electron chi connectivity index (χ0n) is 24.6. The van der Waals surface area contributed by atoms with Crippen molar-refractivity contribution < 1.29 is 41.3 Å². The molecular weight excluding hydrogens is 617 g/mol. The van der Waals surface area contributed by atoms with Gasteiger partial charge in [-0.2, -0.15) is 13.2 Å². The van der Waals surface area contributed by atoms with Crippen molar-refractivity contribution in [3.8, 4) is 16.9 Å². The molecule has 0 aliphatic carbocycles. The van der Waals surface area contributed by atoms with E-state index in [4.69, 9.17) is 9.84 Å². The third-order valence-electron chi connectivity index (χ3n) is 7.35. The Bertz CT molecular complexity index is 1920. The number of aromatic nitrogens is 2. The zero-order valence-corrected chi connectivity index (χ0v) is 24.6. The highest BCUT2D eigenvalue weighted by atomic mass is 19.4. The first-order chi connectivity index (χ1) is 21.8. The lowest BCUT2D eigenvalue weighted by Gasteiger charge is -2.21. The van der Waals surface area contributed by atoms with Crippen molar-refractivity contribution in [3.63, 3.8) is 0 Å². The van der Waals surface area contributed by atoms with E-state index in [9.17, 15) is 37.2 Å². The minimum Gasteiger partial charge on any atom is -0.624 e. The molecule has 1 N–H and O–H groups in total. The van der Waals surface area contributed by atoms with Crippen LogP contribution in [0.1, 0.15) is 35.2 Å². The molecule has 4 aromatic rings. The highest BCUT2D eigenvalue weighted by Gasteiger charge is 2.35. The van der Waals surface area contributed by atoms with Crippen LogP contribution >= 0.6 is 0 Å². The lowest BCUT2D eigenvalue weighted by molar-refractivity contribution is -0.459. The number of carboxylic acid groups (broad SMARTS) is 1. The molecule has 0 bridgehead atoms. The summed E-state index contributed by atoms with van der Waals surface area (Å²) in [6, 6.07) is 13.9. The van der Waals surface area contributed by atoms with Crippen molar-refractivity contribution >= 4 is 11.7 Å². The summed E-state index contributed by atoms with van der Waals surface area (Å²) < 4.78 is 78.9. The first-order valence-corrected chi connectivity index (χ1v) is 13.9. The average molecular weight is 646 g/mol. The summed E-state index contributed by atoms with van der Waals surface area (Å²) in [6.07, 6.45) is -5.43. The summed E-state index contributed by atoms with van der Waals surface area (Å²) in [6.45, 7) is -0.859. The van der Waals surface area contributed by atoms with Crippen molar-refractivity contribution in [3.05, 3.63) is 127 Å². The molecule has 9 nitrogen and oxygen atoms in total. The van der Waals surface area contributed by atoms with Gasteiger partial charge in [-0.3, -0.25) is 14.2 Å². The molecule has 0 aliphatic rings. The van der Waals surface area contributed by atoms with Gasteiger partial charge in [-0.05, 0) is 37.3 Å². The lowest BCUT2D eigenvalue weighted by Crippen LogP contribution is -2.45. The second kappa shape index (κ2) is 13.8. The second-order valence-corrected chi connectivity index (χ2v) is 10.2. The molecule has 46 heavy (non-hydrogen) atoms. The van der Waals surface area contributed by atoms with E-state index in [1.165, 1.54) is 44.4 Å². The Kier molecular flexibility index (Phi) is 10.1. The van der Waals surface area contributed by atoms with Crippen LogP contribution < -0.4 is 16.0 Å². The molecule has 0 fully saturated rings. The van der Waals surface area contributed by atoms with Gasteiger partial charge in [0.15, 0.2) is 18.1 Å². The van der Waals surface area contributed by atoms with Gasteiger partial charge in [0.05, 0.1) is 31.2 Å². The number of carboxylic acids is 1. The Hall–Kier alpha value is -5.27. The molecule has 1 heterocycles. The van der Waals surface area contributed by atoms with E-state index in [1.54, 1.807) is 18.2 Å². The number of rotatable bonds is 11. The van der Waals surface area contributed by atoms with Crippen LogP contribution in [0, 0.1) is 23.8 Å². The van der Waals surface area contributed by atoms with Crippen LogP contribution in [0.4, 0.5) is 22.0 Å². The highest BCUT2D eigenvalue weighted by molar-refractivity contribution is 5.96. The third-order valence-corrected chi connectivity index (χ3v) is 7.35. The van der Waals surface area contributed by atoms with Gasteiger partial charge < -0.3 is 15.1 Å². The smallest absolute Gasteiger partial charge is 0.416 e. The first-order valence-electron chi connectivity index (χ1n) is 13.9. The Balaban J connectivity index is 2.03. The van der Waals surface area contributed by atoms with Crippen LogP contribution in [0.5, 0.6) is 5.75 Å². The molecule has 0 spiro atoms. The minimum absolute atomic E-state index is 0.0873. The number of aliphatic carboxylic acids is 1. The van der Waals surface area contributed by atoms with E-state index >= 15 is 4.39 Å². The number of ether oxygens (including phenoxy) is 1. The zero-order chi connectivity index (χ0) is 33.8. The van der Waals surface area contributed by atoms with E-state index in [0.717, 1.165) is 12.1 Å². The van der Waals surface area contributed by atoms with Crippen LogP contribution in [0.15, 0.2) is 76.3 Å². The number of carbonyl (C=O) groups is 1. The number of methoxy groups -OCH3 is 1. The van der Waals surface area contributed by atoms with E-state index in [-0.39, 0.29) is 47.7 Å². The van der Waals surface area contributed by atoms with Crippen molar-refractivity contribution in [2.75, 3.05) is 13.7 Å². The molecule has 0 radical (unpaired) electrons. The number of hydroxylamine groups is 1. The molecule has 3 aromatic carbocycles. The van der Waals surface area contributed by atoms with Crippen LogP contribution in [0.25, 0.3) is 11.1 Å². The van der Waals surface area contributed by atoms with Gasteiger partial charge in [-0.15, -0.1) is 0 Å². The summed E-state index contributed by atoms with van der Waals surface area (Å²) in [5, 5.41) is 22.3. The maximum absolute atomic E-state index is 15.6. The molecular formula is C32H28F5N3O6. The van der Waals surface area contributed by atoms with Gasteiger partial charge in [-0.25, -0.2) is 22.9 Å². The van der Waals surface area contributed by atoms with E-state index in [0.29, 0.717) is 19.9 Å². The number of benzene rings is 3. The average Bonchev–Trinajstić information content (AvgIpc) is 3.00. The van der Waals surface area contributed by atoms with Crippen LogP contribution in [0.3, 0.4) is 0 Å². The summed E-state index contributed by atoms with van der Waals surface area (Å²) >= 11 is 0. The Labute approximate surface area is 258 Å². The Morgan fingerprint density at radius 3 is 2.28 bits per heavy atom. The monoisotopic (exact) mass is 645 g/mol. The molecule has 0 saturated heterocycles. The van der Waals surface area contributed by atoms with Gasteiger partial charge in [-0.1, -0.05) is 36.4 Å². The molecule has 0 aliphatic heterocycles. The van der Waals surface area contributed by atoms with Crippen LogP contribution in [0.2, 0.25) is 0 Å². The van der Waals surface area contributed by atoms with Crippen molar-refractivity contribution in [2.24, 2.45) is 0 Å². The molecule has 242 valence electrons. The number of nitrogens with zero attached hydrogens (tertiary/aromatic N) is 3. The predicted molar refractivity (Wildman–Crippen MR) is 158 cm³/mol. The fourth-order valence-corrected chi connectivity index (χ4v) is 5.04. The van der Waals surface area contributed by atoms with Gasteiger partial charge in [0.2, 0.25) is 5.71 Å². The van der Waals surface area contributed by atoms with Gasteiger partial charge >= 0.3 is 17.8 Å². The fraction of sp³-hybridized carbons (Fsp3) is 0.250. The fourth-order valence-electron chi connectivity index (χ4n) is 5.04. The number of halogens is 5. The summed E-state index contributed by atoms with van der Waals surface area (Å²) in [5.41, 5.74) is -5.47. The van der Waals surface area contributed by atoms with Crippen LogP contribution in [-0.4, -0.2) is 44.3 Å². The van der Waals surface area contributed by atoms with E-state index in [2.05, 4.69) is 0 Å². The number of hydrogen-bond donors (Lipinski definition) is 1. The standard InChI is InChI=1S/C32H28F5N3O6/c1-19-28(21-11-6-14-26(46-2)29(21)34)30(43)39(18-25(20-9-4-3-5-10-20)40(45)16-8-15-27(41)42)31(44)38(19)17-22-23(32(35,36)37)12-7-13-24(22)33/h3-7,9-14H,8,15-18H2,1-2H3,(H,41,42)/b40-25+. The maximum atomic E-state index is 15.6. The minimum atomic E-state index is -5.00. The molecule has 0 atom stereocenters. The van der Waals surface area contributed by atoms with Gasteiger partial charge in [0.25, 0.3) is 5.56 Å². The molecule has 0 saturated carbocycles. The Morgan fingerprint density at radius 1 is 0.978 bits per heavy atom. The SMILES string of the molecule is COc1cccc(-c2c(C)n(Cc3c(F)cccc3C(F)(F)F)c(=O)n(C/C(c3ccccc3)=[N+](\[O-])CCCC(=O)O)c2=O)c1F. The summed E-state index contributed by atoms with van der Waals surface area (Å²) in [4.78, 5) is 39.0. The quantitative estimate of drug-likeness (QED) is 0.0788. The maximum Gasteiger partial charge on any atom is 0.416 e. The van der Waals surface area contributed by atoms with Crippen molar-refractivity contribution in [2.45, 2.75) is 39.0 Å². The van der Waals surface area contributed by atoms with Gasteiger partial charge in [0.1, 0.15) is 12.4 Å². The molecule has 0 unspecified atom stereocenters. The van der Waals surface area contributed by atoms with Crippen LogP contribution in [-0.2, 0) is 24.1 Å². The highest BCUT2D eigenvalue weighted by Crippen LogP contribution is 2.34.